The first-order valence-corrected chi connectivity index (χ1v) is 18.8. The number of fused-ring (bicyclic) bond motifs is 2. The van der Waals surface area contributed by atoms with Gasteiger partial charge in [-0.1, -0.05) is 29.4 Å². The molecular weight excluding hydrogens is 660 g/mol. The van der Waals surface area contributed by atoms with Crippen LogP contribution in [0.1, 0.15) is 95.6 Å². The maximum Gasteiger partial charge on any atom is 0.327 e. The lowest BCUT2D eigenvalue weighted by atomic mass is 9.44. The highest BCUT2D eigenvalue weighted by molar-refractivity contribution is 6.10. The van der Waals surface area contributed by atoms with E-state index in [-0.39, 0.29) is 41.0 Å². The molecule has 0 aromatic heterocycles. The fraction of sp³-hybridized carbons (Fsp3) is 0.595. The van der Waals surface area contributed by atoms with E-state index in [0.717, 1.165) is 31.2 Å². The molecule has 8 rings (SSSR count). The zero-order valence-corrected chi connectivity index (χ0v) is 31.9. The molecule has 52 heavy (non-hydrogen) atoms. The summed E-state index contributed by atoms with van der Waals surface area (Å²) in [5.41, 5.74) is -1.12. The molecule has 2 saturated heterocycles. The number of carbonyl (C=O) groups excluding carboxylic acids is 2. The second-order valence-electron chi connectivity index (χ2n) is 17.1. The third-order valence-electron chi connectivity index (χ3n) is 12.6. The van der Waals surface area contributed by atoms with Gasteiger partial charge in [-0.05, 0) is 93.3 Å². The Kier molecular flexibility index (Phi) is 8.94. The van der Waals surface area contributed by atoms with Crippen LogP contribution in [0.25, 0.3) is 6.08 Å². The Hall–Kier alpha value is -3.73. The normalized spacial score (nSPS) is 34.3. The summed E-state index contributed by atoms with van der Waals surface area (Å²) in [6.07, 6.45) is 12.9. The molecule has 4 aliphatic heterocycles. The zero-order valence-electron chi connectivity index (χ0n) is 31.9. The van der Waals surface area contributed by atoms with Gasteiger partial charge >= 0.3 is 5.97 Å². The van der Waals surface area contributed by atoms with Gasteiger partial charge in [0.05, 0.1) is 17.1 Å². The highest BCUT2D eigenvalue weighted by atomic mass is 16.6. The van der Waals surface area contributed by atoms with Crippen molar-refractivity contribution in [1.29, 1.82) is 0 Å². The number of carbonyl (C=O) groups is 3. The monoisotopic (exact) mass is 714 g/mol. The topological polar surface area (TPSA) is 126 Å². The molecule has 7 aliphatic rings. The van der Waals surface area contributed by atoms with Crippen molar-refractivity contribution < 1.29 is 38.8 Å². The predicted molar refractivity (Wildman–Crippen MR) is 198 cm³/mol. The first-order valence-electron chi connectivity index (χ1n) is 18.8. The lowest BCUT2D eigenvalue weighted by Gasteiger charge is -2.65. The minimum absolute atomic E-state index is 0.0506. The van der Waals surface area contributed by atoms with Crippen LogP contribution in [-0.2, 0) is 20.7 Å². The molecule has 4 heterocycles. The van der Waals surface area contributed by atoms with Crippen LogP contribution in [0.3, 0.4) is 0 Å². The second-order valence-corrected chi connectivity index (χ2v) is 17.1. The largest absolute Gasteiger partial charge is 0.506 e. The Labute approximate surface area is 307 Å². The summed E-state index contributed by atoms with van der Waals surface area (Å²) in [5.74, 6) is -2.73. The molecule has 4 bridgehead atoms. The molecule has 0 radical (unpaired) electrons. The van der Waals surface area contributed by atoms with E-state index in [2.05, 4.69) is 42.8 Å². The van der Waals surface area contributed by atoms with Gasteiger partial charge in [-0.15, -0.1) is 0 Å². The molecule has 3 saturated carbocycles. The molecule has 0 amide bonds. The zero-order chi connectivity index (χ0) is 37.5. The van der Waals surface area contributed by atoms with Crippen molar-refractivity contribution in [3.63, 3.8) is 0 Å². The minimum Gasteiger partial charge on any atom is -0.506 e. The number of benzene rings is 1. The van der Waals surface area contributed by atoms with Crippen LogP contribution in [0.5, 0.6) is 17.2 Å². The van der Waals surface area contributed by atoms with E-state index in [1.54, 1.807) is 0 Å². The number of piperazine rings is 1. The molecular formula is C42H54N2O8. The molecule has 1 aromatic carbocycles. The third kappa shape index (κ3) is 5.42. The van der Waals surface area contributed by atoms with Crippen LogP contribution < -0.4 is 9.47 Å². The molecule has 1 spiro atoms. The van der Waals surface area contributed by atoms with Crippen molar-refractivity contribution in [3.05, 3.63) is 58.2 Å². The van der Waals surface area contributed by atoms with Crippen molar-refractivity contribution in [1.82, 2.24) is 9.80 Å². The number of carboxylic acid groups (broad SMARTS) is 1. The lowest BCUT2D eigenvalue weighted by Crippen LogP contribution is -2.82. The average molecular weight is 715 g/mol. The van der Waals surface area contributed by atoms with Crippen molar-refractivity contribution in [3.8, 4) is 17.2 Å². The van der Waals surface area contributed by atoms with Gasteiger partial charge in [0.2, 0.25) is 0 Å². The standard InChI is InChI=1S/C42H54N2O8/c1-24(2)11-9-16-40(7)18-15-26-34(47)31-35(48)32-33(44-21-19-43(8)20-22-44)28-23-29-39(5,6)52-41(38(28)49,17-10-12-30(45)46)42(29,32)51-37(31)27(36(26)50-40)14-13-25(3)4/h10-13,15,18,28-29,32-33,47H,9,14,16-17,19-23H2,1-8H3,(H,45,46)/b12-10+/t28-,29?,32?,33?,40+,41-,42-/m0/s1. The van der Waals surface area contributed by atoms with E-state index in [1.807, 2.05) is 46.8 Å². The Bertz CT molecular complexity index is 1820. The van der Waals surface area contributed by atoms with E-state index in [4.69, 9.17) is 14.2 Å². The number of phenols is 1. The number of allylic oxidation sites excluding steroid dienone is 4. The van der Waals surface area contributed by atoms with Crippen LogP contribution in [0.2, 0.25) is 0 Å². The molecule has 2 N–H and O–H groups in total. The molecule has 1 aromatic rings. The SMILES string of the molecule is CC(C)=CCC[C@]1(C)C=Cc2c(O)c3c(c(CC=C(C)C)c2O1)O[C@]12C(C3=O)C(N3CCN(C)CC3)[C@@H]3CC1C(C)(C)O[C@@]2(C/C=C/C(=O)O)C3=O. The number of nitrogens with zero attached hydrogens (tertiary/aromatic N) is 2. The molecule has 7 atom stereocenters. The van der Waals surface area contributed by atoms with Gasteiger partial charge < -0.3 is 29.3 Å². The van der Waals surface area contributed by atoms with Crippen LogP contribution in [0.4, 0.5) is 0 Å². The van der Waals surface area contributed by atoms with Crippen LogP contribution in [0.15, 0.2) is 41.5 Å². The number of aliphatic carboxylic acids is 1. The first-order chi connectivity index (χ1) is 24.5. The summed E-state index contributed by atoms with van der Waals surface area (Å²) in [4.78, 5) is 47.0. The van der Waals surface area contributed by atoms with Gasteiger partial charge in [0.1, 0.15) is 28.4 Å². The number of likely N-dealkylation sites (N-methyl/N-ethyl adjacent to an activating group) is 1. The predicted octanol–water partition coefficient (Wildman–Crippen LogP) is 6.16. The number of rotatable bonds is 9. The molecule has 3 unspecified atom stereocenters. The van der Waals surface area contributed by atoms with Crippen molar-refractivity contribution in [2.45, 2.75) is 109 Å². The summed E-state index contributed by atoms with van der Waals surface area (Å²) in [6.45, 7) is 17.0. The molecule has 10 heteroatoms. The third-order valence-corrected chi connectivity index (χ3v) is 12.6. The molecule has 5 fully saturated rings. The van der Waals surface area contributed by atoms with Crippen molar-refractivity contribution in [2.75, 3.05) is 33.2 Å². The Balaban J connectivity index is 1.47. The van der Waals surface area contributed by atoms with Gasteiger partial charge in [-0.3, -0.25) is 14.5 Å². The van der Waals surface area contributed by atoms with Crippen LogP contribution in [-0.4, -0.2) is 99.2 Å². The Morgan fingerprint density at radius 1 is 1.00 bits per heavy atom. The van der Waals surface area contributed by atoms with E-state index in [1.165, 1.54) is 11.6 Å². The highest BCUT2D eigenvalue weighted by Gasteiger charge is 2.85. The van der Waals surface area contributed by atoms with E-state index in [9.17, 15) is 15.0 Å². The number of carboxylic acids is 1. The van der Waals surface area contributed by atoms with Crippen LogP contribution in [0, 0.1) is 17.8 Å². The maximum atomic E-state index is 15.6. The van der Waals surface area contributed by atoms with E-state index in [0.29, 0.717) is 49.2 Å². The molecule has 3 aliphatic carbocycles. The maximum absolute atomic E-state index is 15.6. The van der Waals surface area contributed by atoms with Gasteiger partial charge in [0.25, 0.3) is 0 Å². The molecule has 280 valence electrons. The summed E-state index contributed by atoms with van der Waals surface area (Å²) in [5, 5.41) is 21.8. The van der Waals surface area contributed by atoms with Gasteiger partial charge in [0, 0.05) is 62.1 Å². The fourth-order valence-electron chi connectivity index (χ4n) is 10.3. The highest BCUT2D eigenvalue weighted by Crippen LogP contribution is 2.71. The minimum atomic E-state index is -1.62. The summed E-state index contributed by atoms with van der Waals surface area (Å²) in [7, 11) is 2.07. The molecule has 10 nitrogen and oxygen atoms in total. The van der Waals surface area contributed by atoms with Crippen molar-refractivity contribution >= 4 is 23.6 Å². The number of aromatic hydroxyl groups is 1. The number of hydrogen-bond donors (Lipinski definition) is 2. The fourth-order valence-corrected chi connectivity index (χ4v) is 10.3. The summed E-state index contributed by atoms with van der Waals surface area (Å²) < 4.78 is 21.3. The number of ketones is 2. The van der Waals surface area contributed by atoms with Gasteiger partial charge in [-0.25, -0.2) is 4.79 Å². The lowest BCUT2D eigenvalue weighted by molar-refractivity contribution is -0.214. The van der Waals surface area contributed by atoms with Crippen LogP contribution >= 0.6 is 0 Å². The number of Topliss-reactive ketones (excluding diaryl/α,β-unsaturated/α-hetero) is 2. The number of phenolic OH excluding ortho intramolecular Hbond substituents is 1. The second kappa shape index (κ2) is 12.7. The smallest absolute Gasteiger partial charge is 0.327 e. The quantitative estimate of drug-likeness (QED) is 0.227. The summed E-state index contributed by atoms with van der Waals surface area (Å²) in [6, 6.07) is -0.464. The average Bonchev–Trinajstić information content (AvgIpc) is 3.20. The summed E-state index contributed by atoms with van der Waals surface area (Å²) >= 11 is 0. The van der Waals surface area contributed by atoms with Gasteiger partial charge in [0.15, 0.2) is 22.8 Å². The van der Waals surface area contributed by atoms with Gasteiger partial charge in [-0.2, -0.15) is 0 Å². The first kappa shape index (κ1) is 36.6. The Morgan fingerprint density at radius 2 is 1.69 bits per heavy atom. The van der Waals surface area contributed by atoms with Crippen molar-refractivity contribution in [2.24, 2.45) is 17.8 Å². The van der Waals surface area contributed by atoms with E-state index < -0.39 is 46.3 Å². The number of ether oxygens (including phenoxy) is 3. The number of hydrogen-bond acceptors (Lipinski definition) is 9. The Morgan fingerprint density at radius 3 is 2.35 bits per heavy atom. The van der Waals surface area contributed by atoms with E-state index >= 15 is 9.59 Å².